The van der Waals surface area contributed by atoms with Gasteiger partial charge >= 0.3 is 0 Å². The first-order chi connectivity index (χ1) is 8.11. The molecule has 2 heterocycles. The van der Waals surface area contributed by atoms with E-state index < -0.39 is 5.91 Å². The monoisotopic (exact) mass is 235 g/mol. The van der Waals surface area contributed by atoms with E-state index in [1.807, 2.05) is 13.8 Å². The van der Waals surface area contributed by atoms with Gasteiger partial charge in [-0.1, -0.05) is 12.1 Å². The Morgan fingerprint density at radius 1 is 1.47 bits per heavy atom. The smallest absolute Gasteiger partial charge is 0.297 e. The summed E-state index contributed by atoms with van der Waals surface area (Å²) in [5, 5.41) is 12.8. The molecule has 0 spiro atoms. The normalized spacial score (nSPS) is 10.5. The molecule has 0 aliphatic rings. The van der Waals surface area contributed by atoms with Gasteiger partial charge in [-0.2, -0.15) is 0 Å². The summed E-state index contributed by atoms with van der Waals surface area (Å²) in [6.45, 7) is 5.54. The summed E-state index contributed by atoms with van der Waals surface area (Å²) in [5.74, 6) is 0.673. The molecule has 2 aromatic heterocycles. The van der Waals surface area contributed by atoms with E-state index in [2.05, 4.69) is 25.7 Å². The molecule has 0 saturated heterocycles. The maximum atomic E-state index is 11.8. The van der Waals surface area contributed by atoms with Crippen molar-refractivity contribution >= 4 is 11.8 Å². The van der Waals surface area contributed by atoms with Gasteiger partial charge in [0, 0.05) is 12.0 Å². The zero-order chi connectivity index (χ0) is 12.4. The van der Waals surface area contributed by atoms with Crippen molar-refractivity contribution in [1.29, 1.82) is 0 Å². The van der Waals surface area contributed by atoms with Crippen LogP contribution in [0.2, 0.25) is 0 Å². The van der Waals surface area contributed by atoms with Crippen LogP contribution in [0.1, 0.15) is 34.6 Å². The molecule has 0 aromatic carbocycles. The Morgan fingerprint density at radius 2 is 2.24 bits per heavy atom. The number of nitrogens with zero attached hydrogens (tertiary/aromatic N) is 3. The Morgan fingerprint density at radius 3 is 2.76 bits per heavy atom. The van der Waals surface area contributed by atoms with Crippen LogP contribution < -0.4 is 5.32 Å². The van der Waals surface area contributed by atoms with Crippen LogP contribution in [0.25, 0.3) is 0 Å². The number of hydrogen-bond donors (Lipinski definition) is 2. The van der Waals surface area contributed by atoms with Crippen molar-refractivity contribution in [3.8, 4) is 0 Å². The molecule has 0 bridgehead atoms. The Labute approximate surface area is 97.6 Å². The first-order valence-electron chi connectivity index (χ1n) is 5.27. The lowest BCUT2D eigenvalue weighted by molar-refractivity contribution is 0.101. The maximum absolute atomic E-state index is 11.8. The molecule has 1 amide bonds. The van der Waals surface area contributed by atoms with Crippen LogP contribution in [0.15, 0.2) is 4.52 Å². The molecular formula is C10H13N5O2. The quantitative estimate of drug-likeness (QED) is 0.833. The number of carbonyl (C=O) groups excluding carboxylic acids is 1. The third-order valence-electron chi connectivity index (χ3n) is 2.45. The second-order valence-corrected chi connectivity index (χ2v) is 3.64. The van der Waals surface area contributed by atoms with E-state index in [4.69, 9.17) is 4.52 Å². The van der Waals surface area contributed by atoms with E-state index in [9.17, 15) is 4.79 Å². The highest BCUT2D eigenvalue weighted by molar-refractivity contribution is 6.01. The van der Waals surface area contributed by atoms with Crippen molar-refractivity contribution in [2.45, 2.75) is 27.2 Å². The topological polar surface area (TPSA) is 96.7 Å². The molecule has 90 valence electrons. The number of H-pyrrole nitrogens is 1. The van der Waals surface area contributed by atoms with Crippen molar-refractivity contribution in [3.05, 3.63) is 22.9 Å². The summed E-state index contributed by atoms with van der Waals surface area (Å²) in [4.78, 5) is 15.8. The van der Waals surface area contributed by atoms with Gasteiger partial charge in [0.1, 0.15) is 5.82 Å². The largest absolute Gasteiger partial charge is 0.338 e. The van der Waals surface area contributed by atoms with E-state index in [1.165, 1.54) is 0 Å². The number of hydrogen-bond acceptors (Lipinski definition) is 5. The average Bonchev–Trinajstić information content (AvgIpc) is 2.91. The van der Waals surface area contributed by atoms with Crippen LogP contribution in [0.3, 0.4) is 0 Å². The molecule has 7 nitrogen and oxygen atoms in total. The molecule has 0 aliphatic heterocycles. The molecule has 0 saturated carbocycles. The lowest BCUT2D eigenvalue weighted by atomic mass is 10.3. The number of aromatic amines is 1. The molecule has 7 heteroatoms. The minimum absolute atomic E-state index is 0.0929. The second kappa shape index (κ2) is 4.36. The highest BCUT2D eigenvalue weighted by Gasteiger charge is 2.16. The number of aromatic nitrogens is 4. The second-order valence-electron chi connectivity index (χ2n) is 3.64. The van der Waals surface area contributed by atoms with Gasteiger partial charge in [-0.25, -0.2) is 4.98 Å². The minimum atomic E-state index is -0.416. The molecule has 0 unspecified atom stereocenters. The summed E-state index contributed by atoms with van der Waals surface area (Å²) < 4.78 is 4.97. The number of rotatable bonds is 3. The van der Waals surface area contributed by atoms with Crippen LogP contribution in [0.4, 0.5) is 5.88 Å². The first kappa shape index (κ1) is 11.3. The molecule has 2 aromatic rings. The third kappa shape index (κ3) is 2.17. The van der Waals surface area contributed by atoms with Crippen LogP contribution in [0.5, 0.6) is 0 Å². The standard InChI is InChI=1S/C10H13N5O2/c1-4-7-11-8(14-13-7)9(16)12-10-5(2)6(3)15-17-10/h4H2,1-3H3,(H,12,16)(H,11,13,14). The van der Waals surface area contributed by atoms with Crippen molar-refractivity contribution in [2.24, 2.45) is 0 Å². The molecule has 2 N–H and O–H groups in total. The Bertz CT molecular complexity index is 543. The Hall–Kier alpha value is -2.18. The van der Waals surface area contributed by atoms with Gasteiger partial charge in [0.05, 0.1) is 5.69 Å². The SMILES string of the molecule is CCc1nc(C(=O)Nc2onc(C)c2C)n[nH]1. The molecular weight excluding hydrogens is 222 g/mol. The Balaban J connectivity index is 2.14. The van der Waals surface area contributed by atoms with E-state index in [-0.39, 0.29) is 5.82 Å². The zero-order valence-corrected chi connectivity index (χ0v) is 9.87. The summed E-state index contributed by atoms with van der Waals surface area (Å²) in [6.07, 6.45) is 0.695. The number of anilines is 1. The first-order valence-corrected chi connectivity index (χ1v) is 5.27. The molecule has 0 fully saturated rings. The van der Waals surface area contributed by atoms with Gasteiger partial charge in [0.25, 0.3) is 5.91 Å². The van der Waals surface area contributed by atoms with E-state index in [0.29, 0.717) is 18.1 Å². The lowest BCUT2D eigenvalue weighted by Gasteiger charge is -1.97. The predicted octanol–water partition coefficient (Wildman–Crippen LogP) is 1.22. The highest BCUT2D eigenvalue weighted by atomic mass is 16.5. The predicted molar refractivity (Wildman–Crippen MR) is 59.7 cm³/mol. The van der Waals surface area contributed by atoms with E-state index >= 15 is 0 Å². The fourth-order valence-electron chi connectivity index (χ4n) is 1.25. The van der Waals surface area contributed by atoms with Crippen LogP contribution in [-0.2, 0) is 6.42 Å². The number of nitrogens with one attached hydrogen (secondary N) is 2. The summed E-state index contributed by atoms with van der Waals surface area (Å²) in [5.41, 5.74) is 1.54. The molecule has 0 radical (unpaired) electrons. The fraction of sp³-hybridized carbons (Fsp3) is 0.400. The van der Waals surface area contributed by atoms with Gasteiger partial charge in [0.2, 0.25) is 11.7 Å². The van der Waals surface area contributed by atoms with Gasteiger partial charge in [-0.05, 0) is 13.8 Å². The number of aryl methyl sites for hydroxylation is 2. The van der Waals surface area contributed by atoms with Crippen LogP contribution in [0, 0.1) is 13.8 Å². The van der Waals surface area contributed by atoms with E-state index in [0.717, 1.165) is 11.3 Å². The number of carbonyl (C=O) groups is 1. The average molecular weight is 235 g/mol. The highest BCUT2D eigenvalue weighted by Crippen LogP contribution is 2.17. The van der Waals surface area contributed by atoms with Crippen molar-refractivity contribution in [2.75, 3.05) is 5.32 Å². The van der Waals surface area contributed by atoms with Gasteiger partial charge in [-0.15, -0.1) is 5.10 Å². The van der Waals surface area contributed by atoms with Gasteiger partial charge < -0.3 is 4.52 Å². The fourth-order valence-corrected chi connectivity index (χ4v) is 1.25. The van der Waals surface area contributed by atoms with Crippen molar-refractivity contribution < 1.29 is 9.32 Å². The summed E-state index contributed by atoms with van der Waals surface area (Å²) in [7, 11) is 0. The summed E-state index contributed by atoms with van der Waals surface area (Å²) in [6, 6.07) is 0. The van der Waals surface area contributed by atoms with Gasteiger partial charge in [-0.3, -0.25) is 15.2 Å². The van der Waals surface area contributed by atoms with Gasteiger partial charge in [0.15, 0.2) is 0 Å². The maximum Gasteiger partial charge on any atom is 0.297 e. The molecule has 17 heavy (non-hydrogen) atoms. The van der Waals surface area contributed by atoms with Crippen molar-refractivity contribution in [3.63, 3.8) is 0 Å². The molecule has 0 atom stereocenters. The van der Waals surface area contributed by atoms with Crippen molar-refractivity contribution in [1.82, 2.24) is 20.3 Å². The molecule has 2 rings (SSSR count). The zero-order valence-electron chi connectivity index (χ0n) is 9.87. The summed E-state index contributed by atoms with van der Waals surface area (Å²) >= 11 is 0. The third-order valence-corrected chi connectivity index (χ3v) is 2.45. The Kier molecular flexibility index (Phi) is 2.90. The van der Waals surface area contributed by atoms with Crippen LogP contribution in [-0.4, -0.2) is 26.2 Å². The van der Waals surface area contributed by atoms with E-state index in [1.54, 1.807) is 6.92 Å². The lowest BCUT2D eigenvalue weighted by Crippen LogP contribution is -2.14. The molecule has 0 aliphatic carbocycles. The van der Waals surface area contributed by atoms with Crippen LogP contribution >= 0.6 is 0 Å². The minimum Gasteiger partial charge on any atom is -0.338 e. The number of amides is 1.